The van der Waals surface area contributed by atoms with Crippen molar-refractivity contribution in [2.24, 2.45) is 0 Å². The Morgan fingerprint density at radius 2 is 1.78 bits per heavy atom. The highest BCUT2D eigenvalue weighted by molar-refractivity contribution is 6.73. The second-order valence-corrected chi connectivity index (χ2v) is 10.0. The maximum absolute atomic E-state index is 6.83. The van der Waals surface area contributed by atoms with E-state index in [-0.39, 0.29) is 5.60 Å². The molecule has 1 aromatic carbocycles. The van der Waals surface area contributed by atoms with Gasteiger partial charge in [-0.05, 0) is 36.5 Å². The molecule has 2 heteroatoms. The van der Waals surface area contributed by atoms with Gasteiger partial charge in [0.05, 0.1) is 5.60 Å². The Morgan fingerprint density at radius 1 is 1.11 bits per heavy atom. The molecule has 0 bridgehead atoms. The van der Waals surface area contributed by atoms with Gasteiger partial charge >= 0.3 is 0 Å². The summed E-state index contributed by atoms with van der Waals surface area (Å²) in [6.45, 7) is 6.93. The van der Waals surface area contributed by atoms with Crippen molar-refractivity contribution in [3.05, 3.63) is 35.9 Å². The minimum atomic E-state index is -1.47. The summed E-state index contributed by atoms with van der Waals surface area (Å²) in [6.07, 6.45) is 3.64. The molecule has 100 valence electrons. The third kappa shape index (κ3) is 2.41. The van der Waals surface area contributed by atoms with Crippen LogP contribution in [0.25, 0.3) is 0 Å². The summed E-state index contributed by atoms with van der Waals surface area (Å²) in [4.78, 5) is 0. The molecular weight excluding hydrogens is 236 g/mol. The molecular formula is C16H26OSi. The molecule has 18 heavy (non-hydrogen) atoms. The molecule has 1 heterocycles. The Morgan fingerprint density at radius 3 is 2.33 bits per heavy atom. The van der Waals surface area contributed by atoms with E-state index in [0.717, 1.165) is 6.42 Å². The molecule has 1 atom stereocenters. The second-order valence-electron chi connectivity index (χ2n) is 5.56. The standard InChI is InChI=1S/C16H26OSi/c1-4-16(15-11-8-7-9-12-15)13-10-14-18(5-2,6-3)17-16/h7-9,11-12H,4-6,10,13-14H2,1-3H3. The van der Waals surface area contributed by atoms with E-state index in [1.54, 1.807) is 0 Å². The van der Waals surface area contributed by atoms with Gasteiger partial charge in [0.1, 0.15) is 0 Å². The highest BCUT2D eigenvalue weighted by atomic mass is 28.4. The van der Waals surface area contributed by atoms with Crippen LogP contribution in [-0.4, -0.2) is 8.32 Å². The van der Waals surface area contributed by atoms with Crippen molar-refractivity contribution in [2.75, 3.05) is 0 Å². The number of hydrogen-bond donors (Lipinski definition) is 0. The van der Waals surface area contributed by atoms with Crippen LogP contribution in [0.4, 0.5) is 0 Å². The zero-order chi connectivity index (χ0) is 13.1. The topological polar surface area (TPSA) is 9.23 Å². The number of rotatable bonds is 4. The third-order valence-corrected chi connectivity index (χ3v) is 9.45. The van der Waals surface area contributed by atoms with Gasteiger partial charge in [0, 0.05) is 0 Å². The van der Waals surface area contributed by atoms with Crippen LogP contribution in [0, 0.1) is 0 Å². The van der Waals surface area contributed by atoms with Gasteiger partial charge in [-0.2, -0.15) is 0 Å². The summed E-state index contributed by atoms with van der Waals surface area (Å²) in [5, 5.41) is 0. The van der Waals surface area contributed by atoms with Gasteiger partial charge in [-0.15, -0.1) is 0 Å². The number of hydrogen-bond acceptors (Lipinski definition) is 1. The van der Waals surface area contributed by atoms with E-state index < -0.39 is 8.32 Å². The summed E-state index contributed by atoms with van der Waals surface area (Å²) in [5.74, 6) is 0. The maximum atomic E-state index is 6.83. The van der Waals surface area contributed by atoms with Crippen LogP contribution in [0.1, 0.15) is 45.6 Å². The smallest absolute Gasteiger partial charge is 0.193 e. The first kappa shape index (κ1) is 13.8. The van der Waals surface area contributed by atoms with E-state index in [0.29, 0.717) is 0 Å². The van der Waals surface area contributed by atoms with E-state index in [2.05, 4.69) is 51.1 Å². The van der Waals surface area contributed by atoms with Crippen LogP contribution >= 0.6 is 0 Å². The summed E-state index contributed by atoms with van der Waals surface area (Å²) in [5.41, 5.74) is 1.41. The molecule has 1 aliphatic heterocycles. The van der Waals surface area contributed by atoms with Gasteiger partial charge in [0.15, 0.2) is 8.32 Å². The fraction of sp³-hybridized carbons (Fsp3) is 0.625. The molecule has 0 N–H and O–H groups in total. The minimum absolute atomic E-state index is 0.0117. The predicted molar refractivity (Wildman–Crippen MR) is 80.3 cm³/mol. The van der Waals surface area contributed by atoms with Crippen LogP contribution in [0.15, 0.2) is 30.3 Å². The van der Waals surface area contributed by atoms with E-state index in [1.165, 1.54) is 36.5 Å². The van der Waals surface area contributed by atoms with Crippen molar-refractivity contribution in [1.29, 1.82) is 0 Å². The van der Waals surface area contributed by atoms with Crippen molar-refractivity contribution >= 4 is 8.32 Å². The fourth-order valence-electron chi connectivity index (χ4n) is 3.36. The van der Waals surface area contributed by atoms with E-state index in [4.69, 9.17) is 4.43 Å². The predicted octanol–water partition coefficient (Wildman–Crippen LogP) is 5.09. The lowest BCUT2D eigenvalue weighted by atomic mass is 9.87. The lowest BCUT2D eigenvalue weighted by Crippen LogP contribution is -2.49. The molecule has 1 unspecified atom stereocenters. The van der Waals surface area contributed by atoms with Crippen molar-refractivity contribution < 1.29 is 4.43 Å². The Hall–Kier alpha value is -0.603. The summed E-state index contributed by atoms with van der Waals surface area (Å²) < 4.78 is 6.83. The van der Waals surface area contributed by atoms with Gasteiger partial charge in [-0.3, -0.25) is 0 Å². The summed E-state index contributed by atoms with van der Waals surface area (Å²) in [7, 11) is -1.47. The zero-order valence-corrected chi connectivity index (χ0v) is 13.0. The molecule has 1 aliphatic rings. The van der Waals surface area contributed by atoms with E-state index in [1.807, 2.05) is 0 Å². The summed E-state index contributed by atoms with van der Waals surface area (Å²) >= 11 is 0. The van der Waals surface area contributed by atoms with Crippen molar-refractivity contribution in [2.45, 2.75) is 63.8 Å². The van der Waals surface area contributed by atoms with Gasteiger partial charge in [-0.25, -0.2) is 0 Å². The van der Waals surface area contributed by atoms with Crippen LogP contribution in [-0.2, 0) is 10.0 Å². The Labute approximate surface area is 113 Å². The Bertz CT molecular complexity index is 372. The maximum Gasteiger partial charge on any atom is 0.193 e. The highest BCUT2D eigenvalue weighted by Crippen LogP contribution is 2.45. The van der Waals surface area contributed by atoms with Crippen LogP contribution in [0.3, 0.4) is 0 Å². The first-order valence-corrected chi connectivity index (χ1v) is 9.99. The molecule has 0 aliphatic carbocycles. The van der Waals surface area contributed by atoms with Gasteiger partial charge in [0.2, 0.25) is 0 Å². The lowest BCUT2D eigenvalue weighted by Gasteiger charge is -2.47. The minimum Gasteiger partial charge on any atom is -0.407 e. The van der Waals surface area contributed by atoms with Crippen molar-refractivity contribution in [1.82, 2.24) is 0 Å². The van der Waals surface area contributed by atoms with Gasteiger partial charge in [0.25, 0.3) is 0 Å². The van der Waals surface area contributed by atoms with Crippen molar-refractivity contribution in [3.63, 3.8) is 0 Å². The first-order valence-electron chi connectivity index (χ1n) is 7.46. The SMILES string of the molecule is CCC1(c2ccccc2)CCC[Si](CC)(CC)O1. The molecule has 0 aromatic heterocycles. The summed E-state index contributed by atoms with van der Waals surface area (Å²) in [6, 6.07) is 14.8. The number of benzene rings is 1. The van der Waals surface area contributed by atoms with E-state index in [9.17, 15) is 0 Å². The Kier molecular flexibility index (Phi) is 4.28. The van der Waals surface area contributed by atoms with Gasteiger partial charge < -0.3 is 4.43 Å². The first-order chi connectivity index (χ1) is 8.70. The molecule has 1 nitrogen and oxygen atoms in total. The average Bonchev–Trinajstić information content (AvgIpc) is 2.48. The lowest BCUT2D eigenvalue weighted by molar-refractivity contribution is 0.0232. The molecule has 0 amide bonds. The highest BCUT2D eigenvalue weighted by Gasteiger charge is 2.45. The Balaban J connectivity index is 2.33. The molecule has 1 saturated heterocycles. The van der Waals surface area contributed by atoms with Crippen LogP contribution in [0.5, 0.6) is 0 Å². The molecule has 0 spiro atoms. The van der Waals surface area contributed by atoms with Gasteiger partial charge in [-0.1, -0.05) is 57.5 Å². The monoisotopic (exact) mass is 262 g/mol. The normalized spacial score (nSPS) is 27.1. The second kappa shape index (κ2) is 5.58. The van der Waals surface area contributed by atoms with E-state index >= 15 is 0 Å². The third-order valence-electron chi connectivity index (χ3n) is 4.78. The van der Waals surface area contributed by atoms with Crippen molar-refractivity contribution in [3.8, 4) is 0 Å². The molecule has 1 fully saturated rings. The average molecular weight is 262 g/mol. The fourth-order valence-corrected chi connectivity index (χ4v) is 6.97. The molecule has 0 saturated carbocycles. The molecule has 1 aromatic rings. The quantitative estimate of drug-likeness (QED) is 0.687. The molecule has 0 radical (unpaired) electrons. The van der Waals surface area contributed by atoms with Crippen LogP contribution < -0.4 is 0 Å². The largest absolute Gasteiger partial charge is 0.407 e. The van der Waals surface area contributed by atoms with Crippen LogP contribution in [0.2, 0.25) is 18.1 Å². The zero-order valence-electron chi connectivity index (χ0n) is 12.0. The molecule has 2 rings (SSSR count).